The van der Waals surface area contributed by atoms with Crippen molar-refractivity contribution in [3.63, 3.8) is 0 Å². The van der Waals surface area contributed by atoms with E-state index in [-0.39, 0.29) is 23.7 Å². The number of fused-ring (bicyclic) bond motifs is 1. The molecule has 3 N–H and O–H groups in total. The number of ether oxygens (including phenoxy) is 1. The van der Waals surface area contributed by atoms with Crippen LogP contribution in [0.25, 0.3) is 5.65 Å². The fourth-order valence-electron chi connectivity index (χ4n) is 5.28. The summed E-state index contributed by atoms with van der Waals surface area (Å²) in [6, 6.07) is 1.99. The molecule has 1 spiro atoms. The van der Waals surface area contributed by atoms with Gasteiger partial charge >= 0.3 is 0 Å². The molecule has 0 aromatic carbocycles. The molecule has 0 unspecified atom stereocenters. The fourth-order valence-corrected chi connectivity index (χ4v) is 6.52. The molecule has 3 aliphatic rings. The quantitative estimate of drug-likeness (QED) is 0.557. The van der Waals surface area contributed by atoms with E-state index in [1.807, 2.05) is 23.4 Å². The Morgan fingerprint density at radius 2 is 1.94 bits per heavy atom. The van der Waals surface area contributed by atoms with E-state index in [9.17, 15) is 5.11 Å². The number of aromatic nitrogens is 4. The predicted octanol–water partition coefficient (Wildman–Crippen LogP) is 2.44. The number of hydrogen-bond donors (Lipinski definition) is 2. The van der Waals surface area contributed by atoms with Gasteiger partial charge in [0.15, 0.2) is 5.65 Å². The number of aliphatic hydroxyl groups excluding tert-OH is 1. The molecule has 3 saturated heterocycles. The second-order valence-electron chi connectivity index (χ2n) is 9.54. The van der Waals surface area contributed by atoms with Crippen molar-refractivity contribution in [3.8, 4) is 0 Å². The van der Waals surface area contributed by atoms with Crippen molar-refractivity contribution >= 4 is 40.8 Å². The number of pyridine rings is 1. The van der Waals surface area contributed by atoms with E-state index in [0.717, 1.165) is 53.9 Å². The minimum absolute atomic E-state index is 0.0715. The summed E-state index contributed by atoms with van der Waals surface area (Å²) >= 11 is 8.22. The Balaban J connectivity index is 1.24. The molecular weight excluding hydrogens is 474 g/mol. The van der Waals surface area contributed by atoms with Gasteiger partial charge in [-0.3, -0.25) is 4.40 Å². The highest BCUT2D eigenvalue weighted by Crippen LogP contribution is 2.43. The van der Waals surface area contributed by atoms with Crippen LogP contribution in [0, 0.1) is 5.41 Å². The molecule has 34 heavy (non-hydrogen) atoms. The number of β-amino-alcohol motifs (C(OH)–C–C–N with tert-alkyl or cyclic N) is 1. The number of nitrogens with zero attached hydrogens (tertiary/aromatic N) is 6. The molecule has 3 aromatic heterocycles. The first-order valence-electron chi connectivity index (χ1n) is 11.6. The molecular formula is C23H28ClN7O2S. The monoisotopic (exact) mass is 501 g/mol. The van der Waals surface area contributed by atoms with Gasteiger partial charge in [0, 0.05) is 67.3 Å². The molecule has 2 atom stereocenters. The highest BCUT2D eigenvalue weighted by molar-refractivity contribution is 7.99. The first-order valence-corrected chi connectivity index (χ1v) is 12.8. The van der Waals surface area contributed by atoms with Crippen molar-refractivity contribution < 1.29 is 9.84 Å². The van der Waals surface area contributed by atoms with Gasteiger partial charge in [-0.1, -0.05) is 23.4 Å². The van der Waals surface area contributed by atoms with Crippen LogP contribution in [0.15, 0.2) is 40.6 Å². The van der Waals surface area contributed by atoms with Crippen molar-refractivity contribution in [2.24, 2.45) is 11.1 Å². The van der Waals surface area contributed by atoms with Gasteiger partial charge in [0.05, 0.1) is 28.7 Å². The van der Waals surface area contributed by atoms with E-state index in [4.69, 9.17) is 27.1 Å². The number of aliphatic hydroxyl groups is 1. The molecule has 180 valence electrons. The summed E-state index contributed by atoms with van der Waals surface area (Å²) in [6.45, 7) is 5.69. The van der Waals surface area contributed by atoms with Gasteiger partial charge in [0.1, 0.15) is 5.82 Å². The Morgan fingerprint density at radius 3 is 2.65 bits per heavy atom. The second kappa shape index (κ2) is 8.53. The summed E-state index contributed by atoms with van der Waals surface area (Å²) in [4.78, 5) is 20.0. The number of nitrogens with two attached hydrogens (primary N) is 1. The number of hydrogen-bond acceptors (Lipinski definition) is 9. The maximum absolute atomic E-state index is 9.63. The molecule has 6 heterocycles. The van der Waals surface area contributed by atoms with Crippen LogP contribution in [0.1, 0.15) is 19.8 Å². The fraction of sp³-hybridized carbons (Fsp3) is 0.522. The molecule has 3 fully saturated rings. The predicted molar refractivity (Wildman–Crippen MR) is 132 cm³/mol. The third-order valence-corrected chi connectivity index (χ3v) is 9.03. The van der Waals surface area contributed by atoms with E-state index >= 15 is 0 Å². The Morgan fingerprint density at radius 1 is 1.15 bits per heavy atom. The molecule has 0 saturated carbocycles. The van der Waals surface area contributed by atoms with Crippen LogP contribution >= 0.6 is 23.4 Å². The van der Waals surface area contributed by atoms with Crippen LogP contribution in [0.4, 0.5) is 11.8 Å². The summed E-state index contributed by atoms with van der Waals surface area (Å²) < 4.78 is 7.92. The van der Waals surface area contributed by atoms with Gasteiger partial charge in [0.25, 0.3) is 0 Å². The standard InChI is InChI=1S/C23H28ClN7O2S/c1-14-19(25)23(13-33-14)3-7-29(8-4-23)22-28-10-17(20-27-6-9-31(20)22)34-16-2-5-26-21(18(16)24)30-11-15(32)12-30/h2,5-6,9-10,14-15,19,32H,3-4,7-8,11-13,25H2,1H3/t14-,19+/m0/s1. The van der Waals surface area contributed by atoms with Crippen LogP contribution in [-0.2, 0) is 4.74 Å². The number of rotatable bonds is 4. The zero-order valence-corrected chi connectivity index (χ0v) is 20.5. The van der Waals surface area contributed by atoms with E-state index in [1.165, 1.54) is 11.8 Å². The van der Waals surface area contributed by atoms with E-state index in [1.54, 1.807) is 12.4 Å². The van der Waals surface area contributed by atoms with Crippen LogP contribution in [0.2, 0.25) is 5.02 Å². The lowest BCUT2D eigenvalue weighted by molar-refractivity contribution is 0.0973. The normalized spacial score (nSPS) is 24.8. The Labute approximate surface area is 207 Å². The van der Waals surface area contributed by atoms with Crippen molar-refractivity contribution in [2.75, 3.05) is 42.6 Å². The van der Waals surface area contributed by atoms with E-state index in [0.29, 0.717) is 23.9 Å². The number of imidazole rings is 1. The van der Waals surface area contributed by atoms with Gasteiger partial charge in [-0.2, -0.15) is 0 Å². The summed E-state index contributed by atoms with van der Waals surface area (Å²) in [5.74, 6) is 1.59. The average molecular weight is 502 g/mol. The van der Waals surface area contributed by atoms with Crippen molar-refractivity contribution in [3.05, 3.63) is 35.9 Å². The van der Waals surface area contributed by atoms with Crippen LogP contribution in [-0.4, -0.2) is 75.5 Å². The molecule has 6 rings (SSSR count). The topological polar surface area (TPSA) is 105 Å². The first-order chi connectivity index (χ1) is 16.4. The second-order valence-corrected chi connectivity index (χ2v) is 11.0. The zero-order chi connectivity index (χ0) is 23.4. The molecule has 3 aromatic rings. The maximum Gasteiger partial charge on any atom is 0.211 e. The van der Waals surface area contributed by atoms with Crippen molar-refractivity contribution in [2.45, 2.75) is 47.8 Å². The molecule has 0 bridgehead atoms. The van der Waals surface area contributed by atoms with E-state index < -0.39 is 0 Å². The molecule has 0 amide bonds. The van der Waals surface area contributed by atoms with Gasteiger partial charge in [0.2, 0.25) is 5.95 Å². The summed E-state index contributed by atoms with van der Waals surface area (Å²) in [6.07, 6.45) is 9.18. The highest BCUT2D eigenvalue weighted by atomic mass is 35.5. The molecule has 11 heteroatoms. The Hall–Kier alpha value is -2.11. The first kappa shape index (κ1) is 22.4. The molecule has 0 radical (unpaired) electrons. The van der Waals surface area contributed by atoms with Crippen molar-refractivity contribution in [1.82, 2.24) is 19.4 Å². The minimum atomic E-state index is -0.319. The van der Waals surface area contributed by atoms with Gasteiger partial charge in [-0.05, 0) is 25.8 Å². The Kier molecular flexibility index (Phi) is 5.61. The maximum atomic E-state index is 9.63. The number of anilines is 2. The zero-order valence-electron chi connectivity index (χ0n) is 19.0. The van der Waals surface area contributed by atoms with Gasteiger partial charge < -0.3 is 25.4 Å². The van der Waals surface area contributed by atoms with Crippen molar-refractivity contribution in [1.29, 1.82) is 0 Å². The van der Waals surface area contributed by atoms with Gasteiger partial charge in [-0.15, -0.1) is 0 Å². The SMILES string of the molecule is C[C@@H]1OCC2(CCN(c3ncc(Sc4ccnc(N5CC(O)C5)c4Cl)c4nccn34)CC2)[C@@H]1N. The van der Waals surface area contributed by atoms with Gasteiger partial charge in [-0.25, -0.2) is 15.0 Å². The molecule has 9 nitrogen and oxygen atoms in total. The summed E-state index contributed by atoms with van der Waals surface area (Å²) in [5, 5.41) is 10.2. The number of halogens is 1. The molecule has 0 aliphatic carbocycles. The number of piperidine rings is 1. The van der Waals surface area contributed by atoms with E-state index in [2.05, 4.69) is 26.2 Å². The smallest absolute Gasteiger partial charge is 0.211 e. The molecule has 3 aliphatic heterocycles. The lowest BCUT2D eigenvalue weighted by Crippen LogP contribution is -2.51. The van der Waals surface area contributed by atoms with Crippen LogP contribution in [0.5, 0.6) is 0 Å². The lowest BCUT2D eigenvalue weighted by atomic mass is 9.73. The Bertz CT molecular complexity index is 1210. The largest absolute Gasteiger partial charge is 0.389 e. The average Bonchev–Trinajstić information content (AvgIpc) is 3.42. The summed E-state index contributed by atoms with van der Waals surface area (Å²) in [7, 11) is 0. The lowest BCUT2D eigenvalue weighted by Gasteiger charge is -2.41. The third kappa shape index (κ3) is 3.63. The van der Waals surface area contributed by atoms with Crippen LogP contribution < -0.4 is 15.5 Å². The minimum Gasteiger partial charge on any atom is -0.389 e. The highest BCUT2D eigenvalue weighted by Gasteiger charge is 2.47. The third-order valence-electron chi connectivity index (χ3n) is 7.48. The van der Waals surface area contributed by atoms with Crippen LogP contribution in [0.3, 0.4) is 0 Å². The summed E-state index contributed by atoms with van der Waals surface area (Å²) in [5.41, 5.74) is 7.41.